The maximum absolute atomic E-state index is 10.2. The van der Waals surface area contributed by atoms with Crippen LogP contribution in [-0.4, -0.2) is 25.9 Å². The fourth-order valence-electron chi connectivity index (χ4n) is 2.22. The molecule has 0 radical (unpaired) electrons. The van der Waals surface area contributed by atoms with Gasteiger partial charge in [0.25, 0.3) is 0 Å². The number of carbonyl (C=O) groups is 1. The van der Waals surface area contributed by atoms with Gasteiger partial charge >= 0.3 is 6.16 Å². The molecule has 0 unspecified atom stereocenters. The van der Waals surface area contributed by atoms with Crippen LogP contribution in [0.4, 0.5) is 4.79 Å². The first-order chi connectivity index (χ1) is 7.52. The second-order valence-corrected chi connectivity index (χ2v) is 9.60. The maximum Gasteiger partial charge on any atom is 0.505 e. The molecule has 0 rings (SSSR count). The summed E-state index contributed by atoms with van der Waals surface area (Å²) in [6, 6.07) is 3.80. The molecule has 3 nitrogen and oxygen atoms in total. The van der Waals surface area contributed by atoms with Gasteiger partial charge in [-0.3, -0.25) is 0 Å². The molecule has 94 valence electrons. The van der Waals surface area contributed by atoms with E-state index in [4.69, 9.17) is 5.11 Å². The Labute approximate surface area is 99.5 Å². The fourth-order valence-corrected chi connectivity index (χ4v) is 5.98. The van der Waals surface area contributed by atoms with Crippen molar-refractivity contribution in [3.8, 4) is 0 Å². The SMILES string of the molecule is CC[Si](CC)(CC)/C(C)=C\CCOC(=O)O. The van der Waals surface area contributed by atoms with E-state index in [2.05, 4.69) is 38.5 Å². The summed E-state index contributed by atoms with van der Waals surface area (Å²) in [6.07, 6.45) is 1.69. The lowest BCUT2D eigenvalue weighted by molar-refractivity contribution is 0.0932. The van der Waals surface area contributed by atoms with E-state index in [0.717, 1.165) is 0 Å². The maximum atomic E-state index is 10.2. The smallest absolute Gasteiger partial charge is 0.450 e. The summed E-state index contributed by atoms with van der Waals surface area (Å²) in [6.45, 7) is 9.27. The molecular formula is C12H24O3Si. The molecule has 0 fully saturated rings. The second-order valence-electron chi connectivity index (χ2n) is 4.13. The number of ether oxygens (including phenoxy) is 1. The van der Waals surface area contributed by atoms with Crippen LogP contribution in [-0.2, 0) is 4.74 Å². The van der Waals surface area contributed by atoms with E-state index in [-0.39, 0.29) is 6.61 Å². The molecule has 0 aliphatic heterocycles. The zero-order valence-electron chi connectivity index (χ0n) is 10.9. The molecule has 0 bridgehead atoms. The molecule has 0 amide bonds. The van der Waals surface area contributed by atoms with Gasteiger partial charge in [0.15, 0.2) is 0 Å². The summed E-state index contributed by atoms with van der Waals surface area (Å²) >= 11 is 0. The molecule has 16 heavy (non-hydrogen) atoms. The monoisotopic (exact) mass is 244 g/mol. The van der Waals surface area contributed by atoms with Gasteiger partial charge in [0.1, 0.15) is 0 Å². The molecule has 0 saturated heterocycles. The van der Waals surface area contributed by atoms with E-state index in [1.165, 1.54) is 23.3 Å². The molecule has 0 heterocycles. The Kier molecular flexibility index (Phi) is 7.13. The lowest BCUT2D eigenvalue weighted by atomic mass is 10.4. The van der Waals surface area contributed by atoms with Crippen LogP contribution in [0.2, 0.25) is 18.1 Å². The first-order valence-corrected chi connectivity index (χ1v) is 8.67. The Morgan fingerprint density at radius 2 is 1.75 bits per heavy atom. The number of hydrogen-bond donors (Lipinski definition) is 1. The number of allylic oxidation sites excluding steroid dienone is 1. The molecule has 4 heteroatoms. The Hall–Kier alpha value is -0.773. The van der Waals surface area contributed by atoms with E-state index in [9.17, 15) is 4.79 Å². The molecular weight excluding hydrogens is 220 g/mol. The minimum atomic E-state index is -1.24. The van der Waals surface area contributed by atoms with Crippen LogP contribution in [0.15, 0.2) is 11.3 Å². The van der Waals surface area contributed by atoms with Crippen molar-refractivity contribution in [2.24, 2.45) is 0 Å². The van der Waals surface area contributed by atoms with Crippen molar-refractivity contribution < 1.29 is 14.6 Å². The molecule has 1 N–H and O–H groups in total. The number of rotatable bonds is 7. The van der Waals surface area contributed by atoms with Crippen molar-refractivity contribution in [3.05, 3.63) is 11.3 Å². The van der Waals surface area contributed by atoms with Gasteiger partial charge in [0.05, 0.1) is 14.7 Å². The van der Waals surface area contributed by atoms with Crippen molar-refractivity contribution in [2.75, 3.05) is 6.61 Å². The topological polar surface area (TPSA) is 46.5 Å². The third-order valence-corrected chi connectivity index (χ3v) is 9.60. The van der Waals surface area contributed by atoms with Gasteiger partial charge in [-0.2, -0.15) is 0 Å². The lowest BCUT2D eigenvalue weighted by Gasteiger charge is -2.29. The zero-order chi connectivity index (χ0) is 12.6. The normalized spacial score (nSPS) is 12.6. The highest BCUT2D eigenvalue weighted by atomic mass is 28.3. The van der Waals surface area contributed by atoms with Crippen molar-refractivity contribution in [1.82, 2.24) is 0 Å². The van der Waals surface area contributed by atoms with Crippen LogP contribution >= 0.6 is 0 Å². The van der Waals surface area contributed by atoms with Gasteiger partial charge in [-0.25, -0.2) is 4.79 Å². The molecule has 0 aromatic rings. The van der Waals surface area contributed by atoms with Gasteiger partial charge in [-0.15, -0.1) is 0 Å². The lowest BCUT2D eigenvalue weighted by Crippen LogP contribution is -2.33. The van der Waals surface area contributed by atoms with E-state index < -0.39 is 14.2 Å². The van der Waals surface area contributed by atoms with Gasteiger partial charge in [0, 0.05) is 0 Å². The summed E-state index contributed by atoms with van der Waals surface area (Å²) in [5.41, 5.74) is 0. The van der Waals surface area contributed by atoms with Crippen LogP contribution in [0.5, 0.6) is 0 Å². The number of hydrogen-bond acceptors (Lipinski definition) is 2. The minimum absolute atomic E-state index is 0.272. The fraction of sp³-hybridized carbons (Fsp3) is 0.750. The molecule has 0 aromatic carbocycles. The standard InChI is InChI=1S/C12H24O3Si/c1-5-16(6-2,7-3)11(4)9-8-10-15-12(13)14/h9H,5-8,10H2,1-4H3,(H,13,14)/b11-9-. The Morgan fingerprint density at radius 1 is 1.25 bits per heavy atom. The van der Waals surface area contributed by atoms with Gasteiger partial charge in [-0.05, 0) is 13.3 Å². The molecule has 0 aliphatic carbocycles. The minimum Gasteiger partial charge on any atom is -0.450 e. The van der Waals surface area contributed by atoms with Gasteiger partial charge in [0.2, 0.25) is 0 Å². The highest BCUT2D eigenvalue weighted by Crippen LogP contribution is 2.28. The number of carboxylic acid groups (broad SMARTS) is 1. The van der Waals surface area contributed by atoms with Crippen LogP contribution in [0, 0.1) is 0 Å². The van der Waals surface area contributed by atoms with Crippen molar-refractivity contribution in [2.45, 2.75) is 52.2 Å². The van der Waals surface area contributed by atoms with Crippen LogP contribution < -0.4 is 0 Å². The van der Waals surface area contributed by atoms with Crippen LogP contribution in [0.25, 0.3) is 0 Å². The van der Waals surface area contributed by atoms with Gasteiger partial charge in [-0.1, -0.05) is 50.2 Å². The van der Waals surface area contributed by atoms with E-state index in [1.54, 1.807) is 0 Å². The molecule has 0 atom stereocenters. The molecule has 0 aromatic heterocycles. The third-order valence-electron chi connectivity index (χ3n) is 3.66. The summed E-state index contributed by atoms with van der Waals surface area (Å²) in [5, 5.41) is 9.84. The summed E-state index contributed by atoms with van der Waals surface area (Å²) in [5.74, 6) is 0. The summed E-state index contributed by atoms with van der Waals surface area (Å²) in [4.78, 5) is 10.2. The Bertz CT molecular complexity index is 236. The molecule has 0 saturated carbocycles. The Morgan fingerprint density at radius 3 is 2.12 bits per heavy atom. The van der Waals surface area contributed by atoms with E-state index >= 15 is 0 Å². The van der Waals surface area contributed by atoms with E-state index in [1.807, 2.05) is 0 Å². The Balaban J connectivity index is 4.32. The first-order valence-electron chi connectivity index (χ1n) is 6.05. The zero-order valence-corrected chi connectivity index (χ0v) is 11.9. The highest BCUT2D eigenvalue weighted by molar-refractivity contribution is 6.86. The van der Waals surface area contributed by atoms with Crippen molar-refractivity contribution in [1.29, 1.82) is 0 Å². The molecule has 0 spiro atoms. The molecule has 0 aliphatic rings. The van der Waals surface area contributed by atoms with Crippen LogP contribution in [0.1, 0.15) is 34.1 Å². The van der Waals surface area contributed by atoms with Crippen LogP contribution in [0.3, 0.4) is 0 Å². The average molecular weight is 244 g/mol. The quantitative estimate of drug-likeness (QED) is 0.417. The highest BCUT2D eigenvalue weighted by Gasteiger charge is 2.28. The second kappa shape index (κ2) is 7.49. The average Bonchev–Trinajstić information content (AvgIpc) is 2.27. The predicted molar refractivity (Wildman–Crippen MR) is 69.5 cm³/mol. The predicted octanol–water partition coefficient (Wildman–Crippen LogP) is 4.07. The largest absolute Gasteiger partial charge is 0.505 e. The van der Waals surface area contributed by atoms with Crippen molar-refractivity contribution >= 4 is 14.2 Å². The van der Waals surface area contributed by atoms with Gasteiger partial charge < -0.3 is 9.84 Å². The van der Waals surface area contributed by atoms with Crippen molar-refractivity contribution in [3.63, 3.8) is 0 Å². The van der Waals surface area contributed by atoms with E-state index in [0.29, 0.717) is 6.42 Å². The first kappa shape index (κ1) is 15.2. The summed E-state index contributed by atoms with van der Waals surface area (Å²) in [7, 11) is -1.24. The summed E-state index contributed by atoms with van der Waals surface area (Å²) < 4.78 is 4.49. The third kappa shape index (κ3) is 4.39.